The van der Waals surface area contributed by atoms with Crippen LogP contribution in [0.4, 0.5) is 0 Å². The highest BCUT2D eigenvalue weighted by molar-refractivity contribution is 5.86. The lowest BCUT2D eigenvalue weighted by Crippen LogP contribution is -2.19. The quantitative estimate of drug-likeness (QED) is 0.286. The van der Waals surface area contributed by atoms with Gasteiger partial charge in [-0.1, -0.05) is 11.3 Å². The standard InChI is InChI=1S/C25H26N6O5/c1-4-35-20-14-16(6-7-19(20)23-26-24-22(25(34)27-23)28-30-29-24)17-11-15(5-8-21(32)33)12-18(13-17)36-10-9-31(2)3/h5-8,11-14H,4,9-10H2,1-3H3,(H,32,33)(H2,26,27,28,29,30,34)/b8-5+. The highest BCUT2D eigenvalue weighted by atomic mass is 16.5. The number of carbonyl (C=O) groups is 1. The van der Waals surface area contributed by atoms with Crippen LogP contribution in [-0.2, 0) is 4.79 Å². The van der Waals surface area contributed by atoms with E-state index in [2.05, 4.69) is 25.4 Å². The maximum atomic E-state index is 12.4. The molecule has 0 unspecified atom stereocenters. The fourth-order valence-corrected chi connectivity index (χ4v) is 3.54. The minimum absolute atomic E-state index is 0.126. The number of H-pyrrole nitrogens is 2. The van der Waals surface area contributed by atoms with Crippen LogP contribution in [0.2, 0.25) is 0 Å². The summed E-state index contributed by atoms with van der Waals surface area (Å²) < 4.78 is 11.8. The molecule has 0 aliphatic carbocycles. The van der Waals surface area contributed by atoms with Crippen molar-refractivity contribution in [1.29, 1.82) is 0 Å². The first kappa shape index (κ1) is 24.6. The molecule has 11 heteroatoms. The molecule has 0 radical (unpaired) electrons. The third kappa shape index (κ3) is 5.76. The van der Waals surface area contributed by atoms with Crippen LogP contribution >= 0.6 is 0 Å². The third-order valence-electron chi connectivity index (χ3n) is 5.23. The number of aromatic amines is 2. The highest BCUT2D eigenvalue weighted by Crippen LogP contribution is 2.34. The molecule has 0 saturated carbocycles. The number of hydrogen-bond donors (Lipinski definition) is 3. The summed E-state index contributed by atoms with van der Waals surface area (Å²) in [6, 6.07) is 11.1. The lowest BCUT2D eigenvalue weighted by atomic mass is 10.00. The molecule has 0 atom stereocenters. The van der Waals surface area contributed by atoms with E-state index in [-0.39, 0.29) is 11.2 Å². The molecule has 3 N–H and O–H groups in total. The molecule has 0 amide bonds. The monoisotopic (exact) mass is 490 g/mol. The minimum atomic E-state index is -1.04. The molecule has 0 aliphatic rings. The molecule has 0 aliphatic heterocycles. The maximum absolute atomic E-state index is 12.4. The summed E-state index contributed by atoms with van der Waals surface area (Å²) in [7, 11) is 3.92. The van der Waals surface area contributed by atoms with Crippen molar-refractivity contribution in [2.45, 2.75) is 6.92 Å². The van der Waals surface area contributed by atoms with Gasteiger partial charge in [0.25, 0.3) is 5.56 Å². The number of aromatic nitrogens is 5. The maximum Gasteiger partial charge on any atom is 0.328 e. The van der Waals surface area contributed by atoms with E-state index in [1.54, 1.807) is 12.1 Å². The van der Waals surface area contributed by atoms with E-state index >= 15 is 0 Å². The number of likely N-dealkylation sites (N-methyl/N-ethyl adjacent to an activating group) is 1. The smallest absolute Gasteiger partial charge is 0.328 e. The fourth-order valence-electron chi connectivity index (χ4n) is 3.54. The summed E-state index contributed by atoms with van der Waals surface area (Å²) in [4.78, 5) is 32.6. The molecule has 0 saturated heterocycles. The number of aliphatic carboxylic acids is 1. The number of carboxylic acids is 1. The Kier molecular flexibility index (Phi) is 7.40. The summed E-state index contributed by atoms with van der Waals surface area (Å²) in [5.41, 5.74) is 2.90. The van der Waals surface area contributed by atoms with E-state index < -0.39 is 11.5 Å². The third-order valence-corrected chi connectivity index (χ3v) is 5.23. The SMILES string of the molecule is CCOc1cc(-c2cc(/C=C/C(=O)O)cc(OCCN(C)C)c2)ccc1-c1nc2[nH]nnc2c(=O)[nH]1. The van der Waals surface area contributed by atoms with Gasteiger partial charge in [-0.3, -0.25) is 4.79 Å². The molecule has 11 nitrogen and oxygen atoms in total. The van der Waals surface area contributed by atoms with E-state index in [1.165, 1.54) is 6.08 Å². The summed E-state index contributed by atoms with van der Waals surface area (Å²) in [5, 5.41) is 19.1. The molecule has 4 rings (SSSR count). The molecule has 2 aromatic carbocycles. The molecule has 186 valence electrons. The van der Waals surface area contributed by atoms with E-state index in [0.29, 0.717) is 41.7 Å². The van der Waals surface area contributed by atoms with E-state index in [1.807, 2.05) is 50.2 Å². The molecule has 2 aromatic heterocycles. The normalized spacial score (nSPS) is 11.4. The molecule has 36 heavy (non-hydrogen) atoms. The molecule has 0 spiro atoms. The average Bonchev–Trinajstić information content (AvgIpc) is 3.32. The van der Waals surface area contributed by atoms with E-state index in [4.69, 9.17) is 14.6 Å². The zero-order valence-electron chi connectivity index (χ0n) is 20.1. The number of fused-ring (bicyclic) bond motifs is 1. The Morgan fingerprint density at radius 1 is 1.14 bits per heavy atom. The predicted octanol–water partition coefficient (Wildman–Crippen LogP) is 2.81. The number of hydrogen-bond acceptors (Lipinski definition) is 8. The molecule has 0 bridgehead atoms. The van der Waals surface area contributed by atoms with Gasteiger partial charge in [0.15, 0.2) is 11.2 Å². The Morgan fingerprint density at radius 3 is 2.72 bits per heavy atom. The number of carboxylic acid groups (broad SMARTS) is 1. The minimum Gasteiger partial charge on any atom is -0.493 e. The van der Waals surface area contributed by atoms with Crippen molar-refractivity contribution in [3.8, 4) is 34.0 Å². The molecule has 2 heterocycles. The average molecular weight is 491 g/mol. The summed E-state index contributed by atoms with van der Waals surface area (Å²) in [6.45, 7) is 3.47. The first-order chi connectivity index (χ1) is 17.3. The van der Waals surface area contributed by atoms with Crippen molar-refractivity contribution in [3.63, 3.8) is 0 Å². The second kappa shape index (κ2) is 10.8. The summed E-state index contributed by atoms with van der Waals surface area (Å²) >= 11 is 0. The topological polar surface area (TPSA) is 146 Å². The van der Waals surface area contributed by atoms with Crippen molar-refractivity contribution in [3.05, 3.63) is 58.4 Å². The van der Waals surface area contributed by atoms with Crippen molar-refractivity contribution >= 4 is 23.2 Å². The Balaban J connectivity index is 1.76. The highest BCUT2D eigenvalue weighted by Gasteiger charge is 2.15. The van der Waals surface area contributed by atoms with Gasteiger partial charge >= 0.3 is 5.97 Å². The summed E-state index contributed by atoms with van der Waals surface area (Å²) in [6.07, 6.45) is 2.60. The van der Waals surface area contributed by atoms with Gasteiger partial charge in [-0.15, -0.1) is 5.10 Å². The molecule has 4 aromatic rings. The van der Waals surface area contributed by atoms with Crippen molar-refractivity contribution in [1.82, 2.24) is 30.3 Å². The number of rotatable bonds is 10. The zero-order chi connectivity index (χ0) is 25.7. The number of ether oxygens (including phenoxy) is 2. The Bertz CT molecular complexity index is 1470. The number of benzene rings is 2. The van der Waals surface area contributed by atoms with Crippen LogP contribution in [0.15, 0.2) is 47.3 Å². The van der Waals surface area contributed by atoms with Crippen LogP contribution in [0, 0.1) is 0 Å². The van der Waals surface area contributed by atoms with Crippen LogP contribution < -0.4 is 15.0 Å². The van der Waals surface area contributed by atoms with Gasteiger partial charge in [0.2, 0.25) is 0 Å². The van der Waals surface area contributed by atoms with Crippen molar-refractivity contribution < 1.29 is 19.4 Å². The lowest BCUT2D eigenvalue weighted by Gasteiger charge is -2.15. The first-order valence-corrected chi connectivity index (χ1v) is 11.3. The van der Waals surface area contributed by atoms with Crippen LogP contribution in [0.25, 0.3) is 39.8 Å². The Morgan fingerprint density at radius 2 is 1.97 bits per heavy atom. The van der Waals surface area contributed by atoms with Gasteiger partial charge in [0.05, 0.1) is 12.2 Å². The molecule has 0 fully saturated rings. The predicted molar refractivity (Wildman–Crippen MR) is 135 cm³/mol. The second-order valence-electron chi connectivity index (χ2n) is 8.18. The Hall–Kier alpha value is -4.51. The van der Waals surface area contributed by atoms with Crippen LogP contribution in [0.1, 0.15) is 12.5 Å². The van der Waals surface area contributed by atoms with Crippen LogP contribution in [0.5, 0.6) is 11.5 Å². The number of nitrogens with zero attached hydrogens (tertiary/aromatic N) is 4. The van der Waals surface area contributed by atoms with E-state index in [9.17, 15) is 9.59 Å². The lowest BCUT2D eigenvalue weighted by molar-refractivity contribution is -0.131. The zero-order valence-corrected chi connectivity index (χ0v) is 20.1. The largest absolute Gasteiger partial charge is 0.493 e. The van der Waals surface area contributed by atoms with E-state index in [0.717, 1.165) is 23.7 Å². The van der Waals surface area contributed by atoms with Gasteiger partial charge in [-0.05, 0) is 74.1 Å². The Labute approximate surface area is 206 Å². The van der Waals surface area contributed by atoms with Crippen molar-refractivity contribution in [2.24, 2.45) is 0 Å². The van der Waals surface area contributed by atoms with Crippen LogP contribution in [0.3, 0.4) is 0 Å². The van der Waals surface area contributed by atoms with Gasteiger partial charge in [0.1, 0.15) is 23.9 Å². The van der Waals surface area contributed by atoms with Crippen LogP contribution in [-0.4, -0.2) is 75.2 Å². The molecular weight excluding hydrogens is 464 g/mol. The summed E-state index contributed by atoms with van der Waals surface area (Å²) in [5.74, 6) is 0.417. The van der Waals surface area contributed by atoms with Gasteiger partial charge < -0.3 is 24.5 Å². The number of nitrogens with one attached hydrogen (secondary N) is 2. The first-order valence-electron chi connectivity index (χ1n) is 11.3. The van der Waals surface area contributed by atoms with Gasteiger partial charge in [0, 0.05) is 12.6 Å². The van der Waals surface area contributed by atoms with Gasteiger partial charge in [-0.2, -0.15) is 0 Å². The van der Waals surface area contributed by atoms with Gasteiger partial charge in [-0.25, -0.2) is 14.9 Å². The molecular formula is C25H26N6O5. The second-order valence-corrected chi connectivity index (χ2v) is 8.18. The fraction of sp³-hybridized carbons (Fsp3) is 0.240. The van der Waals surface area contributed by atoms with Crippen molar-refractivity contribution in [2.75, 3.05) is 33.9 Å².